The SMILES string of the molecule is Nc1ccc(/C=C\C(=O)c2ccc[n+]([O-])c2)cc1. The lowest BCUT2D eigenvalue weighted by Gasteiger charge is -1.97. The minimum atomic E-state index is -0.211. The van der Waals surface area contributed by atoms with Crippen LogP contribution in [0.15, 0.2) is 54.9 Å². The van der Waals surface area contributed by atoms with Crippen molar-refractivity contribution in [3.8, 4) is 0 Å². The van der Waals surface area contributed by atoms with Gasteiger partial charge in [-0.2, -0.15) is 4.73 Å². The normalized spacial score (nSPS) is 10.7. The molecule has 1 aromatic carbocycles. The van der Waals surface area contributed by atoms with Gasteiger partial charge in [-0.05, 0) is 29.8 Å². The molecule has 4 heteroatoms. The number of nitrogen functional groups attached to an aromatic ring is 1. The molecular weight excluding hydrogens is 228 g/mol. The second kappa shape index (κ2) is 5.14. The van der Waals surface area contributed by atoms with E-state index in [9.17, 15) is 10.0 Å². The van der Waals surface area contributed by atoms with Crippen LogP contribution in [0.4, 0.5) is 5.69 Å². The third-order valence-corrected chi connectivity index (χ3v) is 2.42. The summed E-state index contributed by atoms with van der Waals surface area (Å²) in [6, 6.07) is 10.3. The number of anilines is 1. The Morgan fingerprint density at radius 3 is 2.61 bits per heavy atom. The molecule has 90 valence electrons. The quantitative estimate of drug-likeness (QED) is 0.292. The first-order chi connectivity index (χ1) is 8.65. The average molecular weight is 240 g/mol. The van der Waals surface area contributed by atoms with Gasteiger partial charge in [-0.3, -0.25) is 4.79 Å². The van der Waals surface area contributed by atoms with E-state index >= 15 is 0 Å². The zero-order chi connectivity index (χ0) is 13.0. The number of carbonyl (C=O) groups excluding carboxylic acids is 1. The van der Waals surface area contributed by atoms with Crippen LogP contribution in [0.25, 0.3) is 6.08 Å². The summed E-state index contributed by atoms with van der Waals surface area (Å²) in [6.07, 6.45) is 5.70. The standard InChI is InChI=1S/C14H12N2O2/c15-13-6-3-11(4-7-13)5-8-14(17)12-2-1-9-16(18)10-12/h1-10H,15H2/b8-5-. The smallest absolute Gasteiger partial charge is 0.191 e. The molecule has 0 spiro atoms. The van der Waals surface area contributed by atoms with Crippen molar-refractivity contribution in [2.75, 3.05) is 5.73 Å². The number of rotatable bonds is 3. The molecule has 0 atom stereocenters. The third kappa shape index (κ3) is 2.95. The molecule has 0 aliphatic heterocycles. The Labute approximate surface area is 105 Å². The van der Waals surface area contributed by atoms with Gasteiger partial charge in [0.05, 0.1) is 5.56 Å². The zero-order valence-corrected chi connectivity index (χ0v) is 9.61. The van der Waals surface area contributed by atoms with Crippen LogP contribution in [0.5, 0.6) is 0 Å². The van der Waals surface area contributed by atoms with Crippen LogP contribution >= 0.6 is 0 Å². The zero-order valence-electron chi connectivity index (χ0n) is 9.61. The van der Waals surface area contributed by atoms with Crippen LogP contribution in [0.3, 0.4) is 0 Å². The highest BCUT2D eigenvalue weighted by molar-refractivity contribution is 6.06. The molecule has 2 aromatic rings. The summed E-state index contributed by atoms with van der Waals surface area (Å²) in [7, 11) is 0. The Bertz CT molecular complexity index is 589. The van der Waals surface area contributed by atoms with Gasteiger partial charge in [-0.25, -0.2) is 0 Å². The topological polar surface area (TPSA) is 70.0 Å². The van der Waals surface area contributed by atoms with E-state index in [0.717, 1.165) is 5.56 Å². The summed E-state index contributed by atoms with van der Waals surface area (Å²) in [6.45, 7) is 0. The Balaban J connectivity index is 2.14. The van der Waals surface area contributed by atoms with Gasteiger partial charge >= 0.3 is 0 Å². The van der Waals surface area contributed by atoms with Gasteiger partial charge < -0.3 is 10.9 Å². The Kier molecular flexibility index (Phi) is 3.38. The highest BCUT2D eigenvalue weighted by atomic mass is 16.5. The van der Waals surface area contributed by atoms with E-state index in [1.54, 1.807) is 24.3 Å². The number of nitrogens with two attached hydrogens (primary N) is 1. The number of hydrogen-bond donors (Lipinski definition) is 1. The van der Waals surface area contributed by atoms with Gasteiger partial charge in [0.15, 0.2) is 18.2 Å². The molecule has 2 N–H and O–H groups in total. The lowest BCUT2D eigenvalue weighted by Crippen LogP contribution is -2.25. The first-order valence-corrected chi connectivity index (χ1v) is 5.42. The first-order valence-electron chi connectivity index (χ1n) is 5.42. The van der Waals surface area contributed by atoms with Crippen LogP contribution in [0, 0.1) is 5.21 Å². The maximum absolute atomic E-state index is 11.8. The molecule has 0 radical (unpaired) electrons. The second-order valence-electron chi connectivity index (χ2n) is 3.82. The third-order valence-electron chi connectivity index (χ3n) is 2.42. The minimum Gasteiger partial charge on any atom is -0.619 e. The maximum atomic E-state index is 11.8. The van der Waals surface area contributed by atoms with Crippen LogP contribution in [0.2, 0.25) is 0 Å². The number of allylic oxidation sites excluding steroid dienone is 1. The van der Waals surface area contributed by atoms with Crippen LogP contribution in [-0.4, -0.2) is 5.78 Å². The fourth-order valence-corrected chi connectivity index (χ4v) is 1.48. The number of ketones is 1. The van der Waals surface area contributed by atoms with Crippen molar-refractivity contribution in [1.29, 1.82) is 0 Å². The van der Waals surface area contributed by atoms with Crippen molar-refractivity contribution in [2.24, 2.45) is 0 Å². The van der Waals surface area contributed by atoms with Crippen molar-refractivity contribution in [3.63, 3.8) is 0 Å². The maximum Gasteiger partial charge on any atom is 0.191 e. The predicted octanol–water partition coefficient (Wildman–Crippen LogP) is 1.80. The van der Waals surface area contributed by atoms with Gasteiger partial charge in [-0.15, -0.1) is 0 Å². The lowest BCUT2D eigenvalue weighted by atomic mass is 10.1. The highest BCUT2D eigenvalue weighted by Gasteiger charge is 2.04. The number of benzene rings is 1. The van der Waals surface area contributed by atoms with Gasteiger partial charge in [0.1, 0.15) is 0 Å². The van der Waals surface area contributed by atoms with Crippen molar-refractivity contribution in [3.05, 3.63) is 71.2 Å². The Morgan fingerprint density at radius 2 is 1.94 bits per heavy atom. The van der Waals surface area contributed by atoms with E-state index in [4.69, 9.17) is 5.73 Å². The Hall–Kier alpha value is -2.62. The second-order valence-corrected chi connectivity index (χ2v) is 3.82. The van der Waals surface area contributed by atoms with Gasteiger partial charge in [-0.1, -0.05) is 18.2 Å². The molecule has 0 saturated heterocycles. The molecule has 1 heterocycles. The van der Waals surface area contributed by atoms with Gasteiger partial charge in [0, 0.05) is 11.8 Å². The number of carbonyl (C=O) groups is 1. The van der Waals surface area contributed by atoms with Crippen LogP contribution in [0.1, 0.15) is 15.9 Å². The molecule has 18 heavy (non-hydrogen) atoms. The van der Waals surface area contributed by atoms with E-state index in [2.05, 4.69) is 0 Å². The average Bonchev–Trinajstić information content (AvgIpc) is 2.38. The molecule has 0 fully saturated rings. The van der Waals surface area contributed by atoms with Crippen molar-refractivity contribution in [2.45, 2.75) is 0 Å². The molecule has 0 unspecified atom stereocenters. The fourth-order valence-electron chi connectivity index (χ4n) is 1.48. The fraction of sp³-hybridized carbons (Fsp3) is 0. The Morgan fingerprint density at radius 1 is 1.22 bits per heavy atom. The summed E-state index contributed by atoms with van der Waals surface area (Å²) in [5.41, 5.74) is 7.48. The van der Waals surface area contributed by atoms with Crippen molar-refractivity contribution in [1.82, 2.24) is 0 Å². The molecule has 0 aliphatic carbocycles. The first kappa shape index (κ1) is 11.9. The number of nitrogens with zero attached hydrogens (tertiary/aromatic N) is 1. The number of hydrogen-bond acceptors (Lipinski definition) is 3. The summed E-state index contributed by atoms with van der Waals surface area (Å²) in [4.78, 5) is 11.8. The largest absolute Gasteiger partial charge is 0.619 e. The van der Waals surface area contributed by atoms with Crippen LogP contribution < -0.4 is 10.5 Å². The molecule has 0 bridgehead atoms. The summed E-state index contributed by atoms with van der Waals surface area (Å²) < 4.78 is 0.601. The van der Waals surface area contributed by atoms with Gasteiger partial charge in [0.25, 0.3) is 0 Å². The van der Waals surface area contributed by atoms with E-state index in [-0.39, 0.29) is 5.78 Å². The summed E-state index contributed by atoms with van der Waals surface area (Å²) in [5, 5.41) is 11.0. The predicted molar refractivity (Wildman–Crippen MR) is 69.6 cm³/mol. The molecule has 0 amide bonds. The molecule has 0 aliphatic rings. The highest BCUT2D eigenvalue weighted by Crippen LogP contribution is 2.08. The summed E-state index contributed by atoms with van der Waals surface area (Å²) in [5.74, 6) is -0.211. The molecular formula is C14H12N2O2. The van der Waals surface area contributed by atoms with E-state index in [1.807, 2.05) is 12.1 Å². The summed E-state index contributed by atoms with van der Waals surface area (Å²) >= 11 is 0. The van der Waals surface area contributed by atoms with E-state index in [1.165, 1.54) is 24.5 Å². The monoisotopic (exact) mass is 240 g/mol. The van der Waals surface area contributed by atoms with E-state index < -0.39 is 0 Å². The molecule has 2 rings (SSSR count). The number of pyridine rings is 1. The van der Waals surface area contributed by atoms with Crippen molar-refractivity contribution >= 4 is 17.5 Å². The molecule has 1 aromatic heterocycles. The van der Waals surface area contributed by atoms with Crippen molar-refractivity contribution < 1.29 is 9.52 Å². The molecule has 4 nitrogen and oxygen atoms in total. The van der Waals surface area contributed by atoms with E-state index in [0.29, 0.717) is 16.0 Å². The number of aromatic nitrogens is 1. The van der Waals surface area contributed by atoms with Crippen LogP contribution in [-0.2, 0) is 0 Å². The minimum absolute atomic E-state index is 0.211. The molecule has 0 saturated carbocycles. The lowest BCUT2D eigenvalue weighted by molar-refractivity contribution is -0.605. The van der Waals surface area contributed by atoms with Gasteiger partial charge in [0.2, 0.25) is 0 Å².